The number of primary amides is 1. The zero-order valence-electron chi connectivity index (χ0n) is 8.32. The Hall–Kier alpha value is -0.350. The lowest BCUT2D eigenvalue weighted by atomic mass is 10.8. The molecule has 0 fully saturated rings. The summed E-state index contributed by atoms with van der Waals surface area (Å²) >= 11 is 0. The van der Waals surface area contributed by atoms with Gasteiger partial charge in [-0.2, -0.15) is 0 Å². The minimum atomic E-state index is -5.18. The van der Waals surface area contributed by atoms with Crippen LogP contribution in [-0.2, 0) is 9.13 Å². The first-order valence-electron chi connectivity index (χ1n) is 3.28. The molecule has 0 saturated heterocycles. The highest BCUT2D eigenvalue weighted by Gasteiger charge is 2.44. The van der Waals surface area contributed by atoms with Crippen LogP contribution in [0.25, 0.3) is 0 Å². The maximum atomic E-state index is 10.3. The molecule has 0 heterocycles. The molecule has 2 amide bonds. The number of nitrogens with two attached hydrogens (primary N) is 1. The van der Waals surface area contributed by atoms with Gasteiger partial charge in [0.15, 0.2) is 0 Å². The summed E-state index contributed by atoms with van der Waals surface area (Å²) in [7, 11) is -10.4. The molecule has 0 aliphatic heterocycles. The molecule has 0 bridgehead atoms. The summed E-state index contributed by atoms with van der Waals surface area (Å²) in [5.74, 6) is 0. The van der Waals surface area contributed by atoms with Gasteiger partial charge in [-0.25, -0.2) is 4.79 Å². The summed E-state index contributed by atoms with van der Waals surface area (Å²) in [6, 6.07) is -0.583. The quantitative estimate of drug-likeness (QED) is 0.307. The van der Waals surface area contributed by atoms with E-state index >= 15 is 0 Å². The molecule has 13 heteroatoms. The number of carbonyl (C=O) groups is 1. The van der Waals surface area contributed by atoms with Crippen molar-refractivity contribution in [2.24, 2.45) is 5.73 Å². The fourth-order valence-electron chi connectivity index (χ4n) is 0.160. The summed E-state index contributed by atoms with van der Waals surface area (Å²) in [5.41, 5.74) is 9.80. The number of hydrogen-bond donors (Lipinski definition) is 5. The average Bonchev–Trinajstić information content (AvgIpc) is 1.79. The third-order valence-electron chi connectivity index (χ3n) is 1.22. The van der Waals surface area contributed by atoms with Gasteiger partial charge in [-0.15, -0.1) is 0 Å². The van der Waals surface area contributed by atoms with Crippen LogP contribution < -0.4 is 27.0 Å². The largest absolute Gasteiger partial charge is 0.774 e. The fraction of sp³-hybridized carbons (Fsp3) is 0.667. The van der Waals surface area contributed by atoms with E-state index in [0.29, 0.717) is 6.92 Å². The summed E-state index contributed by atoms with van der Waals surface area (Å²) < 4.78 is 20.6. The molecule has 2 atom stereocenters. The van der Waals surface area contributed by atoms with E-state index in [0.717, 1.165) is 0 Å². The smallest absolute Gasteiger partial charge is 0.409 e. The maximum Gasteiger partial charge on any atom is 0.409 e. The third-order valence-corrected chi connectivity index (χ3v) is 5.17. The van der Waals surface area contributed by atoms with E-state index in [2.05, 4.69) is 17.2 Å². The second-order valence-electron chi connectivity index (χ2n) is 2.72. The van der Waals surface area contributed by atoms with Crippen molar-refractivity contribution in [2.75, 3.05) is 0 Å². The van der Waals surface area contributed by atoms with Crippen LogP contribution in [0.15, 0.2) is 0 Å². The van der Waals surface area contributed by atoms with Gasteiger partial charge in [0.2, 0.25) is 20.2 Å². The summed E-state index contributed by atoms with van der Waals surface area (Å²) in [6.07, 6.45) is 0. The van der Waals surface area contributed by atoms with Crippen molar-refractivity contribution in [2.45, 2.75) is 11.9 Å². The Morgan fingerprint density at radius 3 is 1.44 bits per heavy atom. The van der Waals surface area contributed by atoms with Gasteiger partial charge in [0.25, 0.3) is 0 Å². The zero-order valence-corrected chi connectivity index (χ0v) is 10.1. The first kappa shape index (κ1) is 21.0. The maximum absolute atomic E-state index is 10.3. The number of rotatable bonds is 2. The van der Waals surface area contributed by atoms with E-state index in [1.54, 1.807) is 0 Å². The van der Waals surface area contributed by atoms with Crippen molar-refractivity contribution in [1.29, 1.82) is 0 Å². The van der Waals surface area contributed by atoms with Crippen LogP contribution in [0, 0.1) is 0 Å². The standard InChI is InChI=1S/C2H9NO6P2.CH4N2O.H2O/c1-2(3,10(4,5)6)11(7,8)9;2-1(3)4;/h3H2,1H3,(H2,4,5,6)(H2,7,8,9);(H4,2,3,4);1H2. The van der Waals surface area contributed by atoms with Gasteiger partial charge in [-0.05, 0) is 0 Å². The molecule has 0 saturated carbocycles. The molecule has 100 valence electrons. The predicted molar refractivity (Wildman–Crippen MR) is 47.0 cm³/mol. The first-order valence-corrected chi connectivity index (χ1v) is 6.43. The van der Waals surface area contributed by atoms with Gasteiger partial charge < -0.3 is 45.6 Å². The lowest BCUT2D eigenvalue weighted by Gasteiger charge is -2.36. The molecular weight excluding hydrogens is 268 g/mol. The van der Waals surface area contributed by atoms with Gasteiger partial charge in [-0.1, -0.05) is 0 Å². The molecule has 2 unspecified atom stereocenters. The monoisotopic (exact) mass is 283 g/mol. The van der Waals surface area contributed by atoms with Crippen molar-refractivity contribution < 1.29 is 50.4 Å². The van der Waals surface area contributed by atoms with Crippen molar-refractivity contribution >= 4 is 21.2 Å². The molecule has 0 aliphatic rings. The van der Waals surface area contributed by atoms with E-state index in [9.17, 15) is 18.9 Å². The molecule has 16 heavy (non-hydrogen) atoms. The van der Waals surface area contributed by atoms with E-state index in [4.69, 9.17) is 14.6 Å². The number of amides is 2. The highest BCUT2D eigenvalue weighted by Crippen LogP contribution is 2.59. The number of hydrogen-bond acceptors (Lipinski definition) is 5. The van der Waals surface area contributed by atoms with E-state index in [-0.39, 0.29) is 5.48 Å². The van der Waals surface area contributed by atoms with E-state index in [1.807, 2.05) is 0 Å². The Bertz CT molecular complexity index is 288. The molecule has 12 N–H and O–H groups in total. The van der Waals surface area contributed by atoms with Gasteiger partial charge >= 0.3 is 6.03 Å². The summed E-state index contributed by atoms with van der Waals surface area (Å²) in [4.78, 5) is 46.3. The Balaban J connectivity index is -0.000000292. The Morgan fingerprint density at radius 2 is 1.44 bits per heavy atom. The van der Waals surface area contributed by atoms with Crippen LogP contribution in [0.4, 0.5) is 4.79 Å². The van der Waals surface area contributed by atoms with Crippen LogP contribution in [-0.4, -0.2) is 26.3 Å². The van der Waals surface area contributed by atoms with Crippen molar-refractivity contribution in [3.8, 4) is 0 Å². The molecule has 0 aliphatic carbocycles. The van der Waals surface area contributed by atoms with Crippen LogP contribution in [0.2, 0.25) is 0 Å². The normalized spacial score (nSPS) is 20.9. The second-order valence-corrected chi connectivity index (χ2v) is 7.13. The zero-order chi connectivity index (χ0) is 13.1. The first-order chi connectivity index (χ1) is 6.23. The van der Waals surface area contributed by atoms with Crippen LogP contribution in [0.1, 0.15) is 6.92 Å². The SMILES string of the molecule is CC([NH3+])(P(=O)([O-])O)P(=O)([O-])O.NC([NH3+])=O.O. The minimum absolute atomic E-state index is 0. The second kappa shape index (κ2) is 6.40. The number of carbonyl (C=O) groups excluding carboxylic acids is 1. The van der Waals surface area contributed by atoms with Crippen molar-refractivity contribution in [3.63, 3.8) is 0 Å². The van der Waals surface area contributed by atoms with E-state index in [1.165, 1.54) is 0 Å². The molecule has 11 nitrogen and oxygen atoms in total. The Morgan fingerprint density at radius 1 is 1.31 bits per heavy atom. The highest BCUT2D eigenvalue weighted by molar-refractivity contribution is 7.70. The molecule has 0 aromatic heterocycles. The van der Waals surface area contributed by atoms with Crippen molar-refractivity contribution in [1.82, 2.24) is 0 Å². The Kier molecular flexibility index (Phi) is 8.40. The lowest BCUT2D eigenvalue weighted by molar-refractivity contribution is -0.435. The number of urea groups is 1. The van der Waals surface area contributed by atoms with Crippen LogP contribution >= 0.6 is 15.2 Å². The van der Waals surface area contributed by atoms with Crippen LogP contribution in [0.5, 0.6) is 0 Å². The fourth-order valence-corrected chi connectivity index (χ4v) is 1.44. The summed E-state index contributed by atoms with van der Waals surface area (Å²) in [5, 5.41) is -2.76. The molecule has 0 aromatic rings. The average molecular weight is 283 g/mol. The minimum Gasteiger partial charge on any atom is -0.774 e. The Labute approximate surface area is 90.2 Å². The third kappa shape index (κ3) is 7.01. The molecule has 0 radical (unpaired) electrons. The van der Waals surface area contributed by atoms with Gasteiger partial charge in [0.05, 0.1) is 0 Å². The highest BCUT2D eigenvalue weighted by atomic mass is 31.2. The molecule has 0 rings (SSSR count). The lowest BCUT2D eigenvalue weighted by Crippen LogP contribution is -2.72. The predicted octanol–water partition coefficient (Wildman–Crippen LogP) is -5.52. The van der Waals surface area contributed by atoms with Crippen molar-refractivity contribution in [3.05, 3.63) is 0 Å². The molecular formula is C3H15N3O8P2. The summed E-state index contributed by atoms with van der Waals surface area (Å²) in [6.45, 7) is 0.592. The van der Waals surface area contributed by atoms with Crippen LogP contribution in [0.3, 0.4) is 0 Å². The molecule has 0 aromatic carbocycles. The topological polar surface area (TPSA) is 251 Å². The van der Waals surface area contributed by atoms with Gasteiger partial charge in [0, 0.05) is 6.92 Å². The van der Waals surface area contributed by atoms with Gasteiger partial charge in [0.1, 0.15) is 0 Å². The molecule has 0 spiro atoms. The van der Waals surface area contributed by atoms with Gasteiger partial charge in [-0.3, -0.25) is 5.73 Å². The number of quaternary nitrogens is 2. The van der Waals surface area contributed by atoms with E-state index < -0.39 is 26.2 Å².